The van der Waals surface area contributed by atoms with Gasteiger partial charge in [-0.3, -0.25) is 0 Å². The Bertz CT molecular complexity index is 515. The van der Waals surface area contributed by atoms with Gasteiger partial charge >= 0.3 is 0 Å². The molecule has 0 unspecified atom stereocenters. The Morgan fingerprint density at radius 2 is 1.83 bits per heavy atom. The van der Waals surface area contributed by atoms with Crippen LogP contribution in [0.25, 0.3) is 11.3 Å². The summed E-state index contributed by atoms with van der Waals surface area (Å²) in [5.74, 6) is 1.10. The van der Waals surface area contributed by atoms with E-state index in [0.29, 0.717) is 11.6 Å². The molecule has 0 bridgehead atoms. The summed E-state index contributed by atoms with van der Waals surface area (Å²) in [5, 5.41) is 3.68. The Morgan fingerprint density at radius 1 is 1.11 bits per heavy atom. The fourth-order valence-corrected chi connectivity index (χ4v) is 2.08. The lowest BCUT2D eigenvalue weighted by molar-refractivity contribution is 0.122. The molecule has 0 spiro atoms. The highest BCUT2D eigenvalue weighted by Gasteiger charge is 2.11. The van der Waals surface area contributed by atoms with E-state index in [0.717, 1.165) is 31.9 Å². The standard InChI is InChI=1S/C13H15N3O2/c14-13-9-12(18-15-13)10-1-3-11(4-2-10)16-5-7-17-8-6-16/h1-4,9H,5-8H2,(H2,14,15). The molecule has 0 saturated carbocycles. The van der Waals surface area contributed by atoms with E-state index in [4.69, 9.17) is 15.0 Å². The van der Waals surface area contributed by atoms with Crippen molar-refractivity contribution in [2.45, 2.75) is 0 Å². The van der Waals surface area contributed by atoms with Crippen molar-refractivity contribution in [3.05, 3.63) is 30.3 Å². The van der Waals surface area contributed by atoms with E-state index in [1.807, 2.05) is 12.1 Å². The van der Waals surface area contributed by atoms with Gasteiger partial charge in [0.25, 0.3) is 0 Å². The first-order valence-corrected chi connectivity index (χ1v) is 5.98. The molecule has 0 amide bonds. The van der Waals surface area contributed by atoms with Crippen molar-refractivity contribution in [2.75, 3.05) is 36.9 Å². The molecule has 1 aromatic heterocycles. The maximum Gasteiger partial charge on any atom is 0.169 e. The van der Waals surface area contributed by atoms with E-state index in [9.17, 15) is 0 Å². The molecule has 94 valence electrons. The van der Waals surface area contributed by atoms with E-state index >= 15 is 0 Å². The van der Waals surface area contributed by atoms with Gasteiger partial charge in [0.15, 0.2) is 11.6 Å². The predicted molar refractivity (Wildman–Crippen MR) is 69.4 cm³/mol. The lowest BCUT2D eigenvalue weighted by atomic mass is 10.1. The molecule has 1 aromatic carbocycles. The molecule has 2 N–H and O–H groups in total. The summed E-state index contributed by atoms with van der Waals surface area (Å²) < 4.78 is 10.5. The van der Waals surface area contributed by atoms with Gasteiger partial charge in [-0.2, -0.15) is 0 Å². The maximum atomic E-state index is 5.54. The Hall–Kier alpha value is -2.01. The van der Waals surface area contributed by atoms with Gasteiger partial charge in [0.2, 0.25) is 0 Å². The third-order valence-electron chi connectivity index (χ3n) is 3.06. The normalized spacial score (nSPS) is 15.9. The molecule has 2 heterocycles. The fraction of sp³-hybridized carbons (Fsp3) is 0.308. The first-order chi connectivity index (χ1) is 8.83. The molecule has 5 nitrogen and oxygen atoms in total. The molecule has 1 aliphatic rings. The van der Waals surface area contributed by atoms with E-state index < -0.39 is 0 Å². The van der Waals surface area contributed by atoms with Crippen molar-refractivity contribution in [3.8, 4) is 11.3 Å². The van der Waals surface area contributed by atoms with E-state index in [-0.39, 0.29) is 0 Å². The quantitative estimate of drug-likeness (QED) is 0.873. The van der Waals surface area contributed by atoms with Gasteiger partial charge in [0.05, 0.1) is 13.2 Å². The summed E-state index contributed by atoms with van der Waals surface area (Å²) in [4.78, 5) is 2.31. The van der Waals surface area contributed by atoms with Gasteiger partial charge < -0.3 is 19.9 Å². The topological polar surface area (TPSA) is 64.5 Å². The number of morpholine rings is 1. The number of benzene rings is 1. The Labute approximate surface area is 105 Å². The largest absolute Gasteiger partial charge is 0.381 e. The van der Waals surface area contributed by atoms with Gasteiger partial charge in [-0.15, -0.1) is 0 Å². The zero-order chi connectivity index (χ0) is 12.4. The first-order valence-electron chi connectivity index (χ1n) is 5.98. The Balaban J connectivity index is 1.80. The SMILES string of the molecule is Nc1cc(-c2ccc(N3CCOCC3)cc2)on1. The molecular formula is C13H15N3O2. The van der Waals surface area contributed by atoms with Crippen LogP contribution >= 0.6 is 0 Å². The van der Waals surface area contributed by atoms with Gasteiger partial charge in [-0.05, 0) is 24.3 Å². The van der Waals surface area contributed by atoms with Crippen LogP contribution in [0.3, 0.4) is 0 Å². The molecular weight excluding hydrogens is 230 g/mol. The van der Waals surface area contributed by atoms with Crippen molar-refractivity contribution in [3.63, 3.8) is 0 Å². The summed E-state index contributed by atoms with van der Waals surface area (Å²) in [6, 6.07) is 9.93. The number of rotatable bonds is 2. The average molecular weight is 245 g/mol. The summed E-state index contributed by atoms with van der Waals surface area (Å²) in [6.07, 6.45) is 0. The van der Waals surface area contributed by atoms with Crippen LogP contribution < -0.4 is 10.6 Å². The van der Waals surface area contributed by atoms with Crippen LogP contribution in [0.2, 0.25) is 0 Å². The molecule has 1 aliphatic heterocycles. The number of nitrogen functional groups attached to an aromatic ring is 1. The number of anilines is 2. The van der Waals surface area contributed by atoms with Gasteiger partial charge in [-0.1, -0.05) is 5.16 Å². The molecule has 18 heavy (non-hydrogen) atoms. The maximum absolute atomic E-state index is 5.54. The molecule has 0 radical (unpaired) electrons. The molecule has 1 fully saturated rings. The lowest BCUT2D eigenvalue weighted by Gasteiger charge is -2.28. The third-order valence-corrected chi connectivity index (χ3v) is 3.06. The number of nitrogens with two attached hydrogens (primary N) is 1. The van der Waals surface area contributed by atoms with Crippen LogP contribution in [-0.4, -0.2) is 31.5 Å². The molecule has 0 atom stereocenters. The van der Waals surface area contributed by atoms with Gasteiger partial charge in [0.1, 0.15) is 0 Å². The smallest absolute Gasteiger partial charge is 0.169 e. The highest BCUT2D eigenvalue weighted by atomic mass is 16.5. The van der Waals surface area contributed by atoms with Crippen LogP contribution in [-0.2, 0) is 4.74 Å². The number of hydrogen-bond donors (Lipinski definition) is 1. The zero-order valence-electron chi connectivity index (χ0n) is 10.0. The predicted octanol–water partition coefficient (Wildman–Crippen LogP) is 1.76. The van der Waals surface area contributed by atoms with Gasteiger partial charge in [-0.25, -0.2) is 0 Å². The third kappa shape index (κ3) is 2.17. The number of nitrogens with zero attached hydrogens (tertiary/aromatic N) is 2. The second kappa shape index (κ2) is 4.70. The monoisotopic (exact) mass is 245 g/mol. The van der Waals surface area contributed by atoms with Crippen LogP contribution in [0.5, 0.6) is 0 Å². The Morgan fingerprint density at radius 3 is 2.44 bits per heavy atom. The fourth-order valence-electron chi connectivity index (χ4n) is 2.08. The lowest BCUT2D eigenvalue weighted by Crippen LogP contribution is -2.36. The van der Waals surface area contributed by atoms with Crippen molar-refractivity contribution in [1.82, 2.24) is 5.16 Å². The summed E-state index contributed by atoms with van der Waals surface area (Å²) >= 11 is 0. The van der Waals surface area contributed by atoms with Crippen LogP contribution in [0.15, 0.2) is 34.9 Å². The van der Waals surface area contributed by atoms with E-state index in [1.54, 1.807) is 6.07 Å². The minimum atomic E-state index is 0.405. The van der Waals surface area contributed by atoms with Crippen LogP contribution in [0, 0.1) is 0 Å². The van der Waals surface area contributed by atoms with Crippen molar-refractivity contribution in [1.29, 1.82) is 0 Å². The molecule has 3 rings (SSSR count). The highest BCUT2D eigenvalue weighted by molar-refractivity contribution is 5.63. The van der Waals surface area contributed by atoms with Crippen molar-refractivity contribution in [2.24, 2.45) is 0 Å². The zero-order valence-corrected chi connectivity index (χ0v) is 10.0. The second-order valence-corrected chi connectivity index (χ2v) is 4.26. The first kappa shape index (κ1) is 11.1. The molecule has 5 heteroatoms. The minimum absolute atomic E-state index is 0.405. The summed E-state index contributed by atoms with van der Waals surface area (Å²) in [6.45, 7) is 3.46. The van der Waals surface area contributed by atoms with Crippen LogP contribution in [0.4, 0.5) is 11.5 Å². The number of ether oxygens (including phenoxy) is 1. The van der Waals surface area contributed by atoms with Crippen molar-refractivity contribution >= 4 is 11.5 Å². The van der Waals surface area contributed by atoms with Crippen molar-refractivity contribution < 1.29 is 9.26 Å². The number of hydrogen-bond acceptors (Lipinski definition) is 5. The second-order valence-electron chi connectivity index (χ2n) is 4.26. The Kier molecular flexibility index (Phi) is 2.90. The molecule has 1 saturated heterocycles. The average Bonchev–Trinajstić information content (AvgIpc) is 2.87. The molecule has 0 aliphatic carbocycles. The summed E-state index contributed by atoms with van der Waals surface area (Å²) in [5.41, 5.74) is 7.72. The van der Waals surface area contributed by atoms with E-state index in [2.05, 4.69) is 22.2 Å². The molecule has 2 aromatic rings. The van der Waals surface area contributed by atoms with Crippen LogP contribution in [0.1, 0.15) is 0 Å². The number of aromatic nitrogens is 1. The summed E-state index contributed by atoms with van der Waals surface area (Å²) in [7, 11) is 0. The van der Waals surface area contributed by atoms with Gasteiger partial charge in [0, 0.05) is 30.4 Å². The minimum Gasteiger partial charge on any atom is -0.381 e. The highest BCUT2D eigenvalue weighted by Crippen LogP contribution is 2.24. The van der Waals surface area contributed by atoms with E-state index in [1.165, 1.54) is 5.69 Å².